The molecule has 5 heteroatoms. The number of fused-ring (bicyclic) bond motifs is 1. The van der Waals surface area contributed by atoms with Gasteiger partial charge in [-0.25, -0.2) is 0 Å². The Balaban J connectivity index is 1.68. The smallest absolute Gasteiger partial charge is 0.197 e. The van der Waals surface area contributed by atoms with E-state index in [1.807, 2.05) is 36.4 Å². The maximum Gasteiger partial charge on any atom is 0.197 e. The predicted octanol–water partition coefficient (Wildman–Crippen LogP) is 2.60. The minimum Gasteiger partial charge on any atom is -0.464 e. The molecule has 2 aromatic heterocycles. The first kappa shape index (κ1) is 16.0. The van der Waals surface area contributed by atoms with Crippen molar-refractivity contribution in [2.45, 2.75) is 6.54 Å². The summed E-state index contributed by atoms with van der Waals surface area (Å²) < 4.78 is 5.72. The zero-order chi connectivity index (χ0) is 17.2. The number of likely N-dealkylation sites (N-methyl/N-ethyl adjacent to an activating group) is 1. The first-order valence-electron chi connectivity index (χ1n) is 8.57. The Morgan fingerprint density at radius 1 is 1.12 bits per heavy atom. The molecule has 1 aliphatic heterocycles. The first-order chi connectivity index (χ1) is 12.2. The number of hydrogen-bond acceptors (Lipinski definition) is 5. The van der Waals surface area contributed by atoms with Crippen LogP contribution in [0.4, 0.5) is 0 Å². The van der Waals surface area contributed by atoms with Crippen LogP contribution in [-0.4, -0.2) is 48.0 Å². The average molecular weight is 335 g/mol. The summed E-state index contributed by atoms with van der Waals surface area (Å²) in [5, 5.41) is 0.620. The molecular weight excluding hydrogens is 314 g/mol. The lowest BCUT2D eigenvalue weighted by Gasteiger charge is -2.32. The highest BCUT2D eigenvalue weighted by Gasteiger charge is 2.16. The predicted molar refractivity (Wildman–Crippen MR) is 98.5 cm³/mol. The Bertz CT molecular complexity index is 929. The van der Waals surface area contributed by atoms with Crippen LogP contribution in [0.2, 0.25) is 0 Å². The van der Waals surface area contributed by atoms with Crippen molar-refractivity contribution in [3.05, 3.63) is 64.6 Å². The molecule has 1 aromatic carbocycles. The molecule has 0 saturated carbocycles. The van der Waals surface area contributed by atoms with Crippen molar-refractivity contribution in [3.8, 4) is 11.3 Å². The number of piperazine rings is 1. The van der Waals surface area contributed by atoms with Gasteiger partial charge in [-0.05, 0) is 37.4 Å². The lowest BCUT2D eigenvalue weighted by atomic mass is 10.1. The number of aromatic nitrogens is 1. The van der Waals surface area contributed by atoms with Crippen LogP contribution in [-0.2, 0) is 6.54 Å². The fourth-order valence-corrected chi connectivity index (χ4v) is 3.22. The summed E-state index contributed by atoms with van der Waals surface area (Å²) in [6.45, 7) is 4.65. The minimum atomic E-state index is 0.0537. The molecule has 0 amide bonds. The second-order valence-electron chi connectivity index (χ2n) is 6.60. The molecule has 3 heterocycles. The largest absolute Gasteiger partial charge is 0.464 e. The molecule has 1 fully saturated rings. The van der Waals surface area contributed by atoms with E-state index in [2.05, 4.69) is 21.8 Å². The minimum absolute atomic E-state index is 0.0537. The van der Waals surface area contributed by atoms with Gasteiger partial charge in [0.2, 0.25) is 0 Å². The Kier molecular flexibility index (Phi) is 4.34. The monoisotopic (exact) mass is 335 g/mol. The van der Waals surface area contributed by atoms with Gasteiger partial charge in [0.15, 0.2) is 5.43 Å². The summed E-state index contributed by atoms with van der Waals surface area (Å²) in [6, 6.07) is 11.4. The summed E-state index contributed by atoms with van der Waals surface area (Å²) in [5.41, 5.74) is 3.17. The molecule has 0 aliphatic carbocycles. The Morgan fingerprint density at radius 2 is 1.96 bits per heavy atom. The van der Waals surface area contributed by atoms with Crippen LogP contribution in [0.25, 0.3) is 22.2 Å². The van der Waals surface area contributed by atoms with E-state index in [1.165, 1.54) is 0 Å². The van der Waals surface area contributed by atoms with E-state index >= 15 is 0 Å². The van der Waals surface area contributed by atoms with Crippen molar-refractivity contribution in [2.24, 2.45) is 0 Å². The van der Waals surface area contributed by atoms with E-state index in [4.69, 9.17) is 4.42 Å². The maximum absolute atomic E-state index is 12.9. The third-order valence-electron chi connectivity index (χ3n) is 4.79. The third kappa shape index (κ3) is 3.34. The number of hydrogen-bond donors (Lipinski definition) is 0. The average Bonchev–Trinajstić information content (AvgIpc) is 2.66. The van der Waals surface area contributed by atoms with Crippen LogP contribution in [0, 0.1) is 0 Å². The van der Waals surface area contributed by atoms with E-state index < -0.39 is 0 Å². The molecule has 0 radical (unpaired) electrons. The zero-order valence-electron chi connectivity index (χ0n) is 14.3. The summed E-state index contributed by atoms with van der Waals surface area (Å²) in [4.78, 5) is 21.9. The lowest BCUT2D eigenvalue weighted by molar-refractivity contribution is 0.147. The molecule has 0 spiro atoms. The van der Waals surface area contributed by atoms with Gasteiger partial charge in [-0.3, -0.25) is 14.7 Å². The highest BCUT2D eigenvalue weighted by atomic mass is 16.3. The number of nitrogens with zero attached hydrogens (tertiary/aromatic N) is 3. The summed E-state index contributed by atoms with van der Waals surface area (Å²) in [5.74, 6) is 0. The van der Waals surface area contributed by atoms with Crippen molar-refractivity contribution in [1.29, 1.82) is 0 Å². The summed E-state index contributed by atoms with van der Waals surface area (Å²) >= 11 is 0. The Hall–Kier alpha value is -2.50. The fraction of sp³-hybridized carbons (Fsp3) is 0.300. The van der Waals surface area contributed by atoms with E-state index in [1.54, 1.807) is 12.5 Å². The van der Waals surface area contributed by atoms with Crippen LogP contribution in [0.15, 0.2) is 58.1 Å². The van der Waals surface area contributed by atoms with Gasteiger partial charge >= 0.3 is 0 Å². The standard InChI is InChI=1S/C20H21N3O2/c1-22-8-10-23(11-9-22)13-16-14-25-19-6-5-15(12-17(19)20(16)24)18-4-2-3-7-21-18/h2-7,12,14H,8-11,13H2,1H3. The normalized spacial score (nSPS) is 16.4. The second kappa shape index (κ2) is 6.78. The van der Waals surface area contributed by atoms with Gasteiger partial charge in [0, 0.05) is 50.0 Å². The van der Waals surface area contributed by atoms with Crippen molar-refractivity contribution in [3.63, 3.8) is 0 Å². The van der Waals surface area contributed by atoms with Gasteiger partial charge in [-0.1, -0.05) is 6.07 Å². The molecule has 1 aliphatic rings. The van der Waals surface area contributed by atoms with E-state index in [-0.39, 0.29) is 5.43 Å². The van der Waals surface area contributed by atoms with E-state index in [9.17, 15) is 4.79 Å². The molecule has 25 heavy (non-hydrogen) atoms. The van der Waals surface area contributed by atoms with Gasteiger partial charge in [0.05, 0.1) is 17.3 Å². The van der Waals surface area contributed by atoms with Crippen molar-refractivity contribution >= 4 is 11.0 Å². The van der Waals surface area contributed by atoms with Crippen LogP contribution < -0.4 is 5.43 Å². The van der Waals surface area contributed by atoms with Crippen LogP contribution in [0.3, 0.4) is 0 Å². The SMILES string of the molecule is CN1CCN(Cc2coc3ccc(-c4ccccn4)cc3c2=O)CC1. The van der Waals surface area contributed by atoms with Gasteiger partial charge in [-0.2, -0.15) is 0 Å². The Morgan fingerprint density at radius 3 is 2.72 bits per heavy atom. The lowest BCUT2D eigenvalue weighted by Crippen LogP contribution is -2.44. The molecule has 0 bridgehead atoms. The molecule has 128 valence electrons. The Labute approximate surface area is 146 Å². The molecule has 1 saturated heterocycles. The van der Waals surface area contributed by atoms with Gasteiger partial charge in [0.25, 0.3) is 0 Å². The fourth-order valence-electron chi connectivity index (χ4n) is 3.22. The van der Waals surface area contributed by atoms with E-state index in [0.29, 0.717) is 17.5 Å². The topological polar surface area (TPSA) is 49.6 Å². The third-order valence-corrected chi connectivity index (χ3v) is 4.79. The quantitative estimate of drug-likeness (QED) is 0.736. The van der Waals surface area contributed by atoms with Crippen molar-refractivity contribution < 1.29 is 4.42 Å². The zero-order valence-corrected chi connectivity index (χ0v) is 14.3. The number of pyridine rings is 1. The summed E-state index contributed by atoms with van der Waals surface area (Å²) in [6.07, 6.45) is 3.37. The first-order valence-corrected chi connectivity index (χ1v) is 8.57. The molecular formula is C20H21N3O2. The molecule has 3 aromatic rings. The molecule has 0 N–H and O–H groups in total. The van der Waals surface area contributed by atoms with Crippen molar-refractivity contribution in [1.82, 2.24) is 14.8 Å². The van der Waals surface area contributed by atoms with Gasteiger partial charge < -0.3 is 9.32 Å². The number of rotatable bonds is 3. The maximum atomic E-state index is 12.9. The summed E-state index contributed by atoms with van der Waals surface area (Å²) in [7, 11) is 2.13. The van der Waals surface area contributed by atoms with Gasteiger partial charge in [0.1, 0.15) is 5.58 Å². The van der Waals surface area contributed by atoms with Gasteiger partial charge in [-0.15, -0.1) is 0 Å². The second-order valence-corrected chi connectivity index (χ2v) is 6.60. The molecule has 4 rings (SSSR count). The van der Waals surface area contributed by atoms with E-state index in [0.717, 1.165) is 43.0 Å². The van der Waals surface area contributed by atoms with Crippen LogP contribution in [0.5, 0.6) is 0 Å². The van der Waals surface area contributed by atoms with Crippen LogP contribution in [0.1, 0.15) is 5.56 Å². The van der Waals surface area contributed by atoms with Crippen LogP contribution >= 0.6 is 0 Å². The highest BCUT2D eigenvalue weighted by molar-refractivity contribution is 5.82. The number of benzene rings is 1. The highest BCUT2D eigenvalue weighted by Crippen LogP contribution is 2.21. The van der Waals surface area contributed by atoms with Crippen molar-refractivity contribution in [2.75, 3.05) is 33.2 Å². The molecule has 0 atom stereocenters. The molecule has 5 nitrogen and oxygen atoms in total. The molecule has 0 unspecified atom stereocenters.